The summed E-state index contributed by atoms with van der Waals surface area (Å²) in [5.41, 5.74) is 7.41. The van der Waals surface area contributed by atoms with E-state index in [0.717, 1.165) is 17.7 Å². The van der Waals surface area contributed by atoms with Gasteiger partial charge in [-0.3, -0.25) is 0 Å². The van der Waals surface area contributed by atoms with E-state index in [4.69, 9.17) is 10.5 Å². The molecule has 0 fully saturated rings. The van der Waals surface area contributed by atoms with Crippen LogP contribution in [0.1, 0.15) is 30.6 Å². The molecule has 0 saturated carbocycles. The van der Waals surface area contributed by atoms with Crippen molar-refractivity contribution in [1.82, 2.24) is 15.0 Å². The number of hydrogen-bond donors (Lipinski definition) is 1. The molecule has 0 aliphatic rings. The zero-order valence-electron chi connectivity index (χ0n) is 11.0. The third kappa shape index (κ3) is 3.08. The lowest BCUT2D eigenvalue weighted by Crippen LogP contribution is -2.08. The summed E-state index contributed by atoms with van der Waals surface area (Å²) in [6.45, 7) is 2.44. The highest BCUT2D eigenvalue weighted by molar-refractivity contribution is 5.29. The highest BCUT2D eigenvalue weighted by atomic mass is 19.1. The van der Waals surface area contributed by atoms with Crippen LogP contribution in [0.5, 0.6) is 5.75 Å². The molecule has 2 N–H and O–H groups in total. The van der Waals surface area contributed by atoms with E-state index >= 15 is 0 Å². The first-order valence-corrected chi connectivity index (χ1v) is 6.12. The standard InChI is InChI=1S/C13H17FN4O/c1-3-11(15)12-8-18(17-16-12)7-9-4-5-13(19-2)10(14)6-9/h4-6,8,11H,3,7,15H2,1-2H3. The lowest BCUT2D eigenvalue weighted by Gasteiger charge is -2.05. The number of benzene rings is 1. The van der Waals surface area contributed by atoms with Crippen molar-refractivity contribution < 1.29 is 9.13 Å². The maximum atomic E-state index is 13.6. The Balaban J connectivity index is 2.12. The van der Waals surface area contributed by atoms with Gasteiger partial charge in [-0.1, -0.05) is 18.2 Å². The zero-order chi connectivity index (χ0) is 13.8. The molecule has 102 valence electrons. The van der Waals surface area contributed by atoms with E-state index in [9.17, 15) is 4.39 Å². The van der Waals surface area contributed by atoms with Crippen molar-refractivity contribution >= 4 is 0 Å². The molecule has 1 heterocycles. The smallest absolute Gasteiger partial charge is 0.165 e. The fraction of sp³-hybridized carbons (Fsp3) is 0.385. The molecule has 0 aliphatic heterocycles. The third-order valence-corrected chi connectivity index (χ3v) is 2.94. The second kappa shape index (κ2) is 5.79. The number of rotatable bonds is 5. The second-order valence-electron chi connectivity index (χ2n) is 4.32. The van der Waals surface area contributed by atoms with Crippen LogP contribution >= 0.6 is 0 Å². The van der Waals surface area contributed by atoms with Gasteiger partial charge in [-0.15, -0.1) is 5.10 Å². The van der Waals surface area contributed by atoms with Gasteiger partial charge in [0.05, 0.1) is 31.6 Å². The maximum absolute atomic E-state index is 13.6. The van der Waals surface area contributed by atoms with Crippen LogP contribution in [-0.2, 0) is 6.54 Å². The summed E-state index contributed by atoms with van der Waals surface area (Å²) in [7, 11) is 1.44. The minimum Gasteiger partial charge on any atom is -0.494 e. The summed E-state index contributed by atoms with van der Waals surface area (Å²) < 4.78 is 20.1. The average Bonchev–Trinajstić information content (AvgIpc) is 2.86. The van der Waals surface area contributed by atoms with Gasteiger partial charge in [-0.05, 0) is 24.1 Å². The zero-order valence-corrected chi connectivity index (χ0v) is 11.0. The minimum absolute atomic E-state index is 0.110. The van der Waals surface area contributed by atoms with Crippen LogP contribution in [0, 0.1) is 5.82 Å². The number of hydrogen-bond acceptors (Lipinski definition) is 4. The van der Waals surface area contributed by atoms with Gasteiger partial charge in [0.1, 0.15) is 0 Å². The number of ether oxygens (including phenoxy) is 1. The largest absolute Gasteiger partial charge is 0.494 e. The molecule has 2 aromatic rings. The van der Waals surface area contributed by atoms with E-state index < -0.39 is 0 Å². The van der Waals surface area contributed by atoms with Crippen molar-refractivity contribution in [3.05, 3.63) is 41.5 Å². The molecule has 6 heteroatoms. The Morgan fingerprint density at radius 3 is 2.89 bits per heavy atom. The predicted octanol–water partition coefficient (Wildman–Crippen LogP) is 1.88. The van der Waals surface area contributed by atoms with Crippen LogP contribution in [0.2, 0.25) is 0 Å². The lowest BCUT2D eigenvalue weighted by atomic mass is 10.2. The quantitative estimate of drug-likeness (QED) is 0.895. The van der Waals surface area contributed by atoms with Crippen molar-refractivity contribution in [2.75, 3.05) is 7.11 Å². The molecule has 0 saturated heterocycles. The van der Waals surface area contributed by atoms with E-state index in [2.05, 4.69) is 10.3 Å². The first-order chi connectivity index (χ1) is 9.13. The lowest BCUT2D eigenvalue weighted by molar-refractivity contribution is 0.386. The molecular formula is C13H17FN4O. The molecule has 0 radical (unpaired) electrons. The summed E-state index contributed by atoms with van der Waals surface area (Å²) in [6.07, 6.45) is 2.59. The summed E-state index contributed by atoms with van der Waals surface area (Å²) in [5.74, 6) is -0.151. The van der Waals surface area contributed by atoms with Gasteiger partial charge < -0.3 is 10.5 Å². The van der Waals surface area contributed by atoms with Gasteiger partial charge in [0.2, 0.25) is 0 Å². The third-order valence-electron chi connectivity index (χ3n) is 2.94. The fourth-order valence-electron chi connectivity index (χ4n) is 1.77. The average molecular weight is 264 g/mol. The summed E-state index contributed by atoms with van der Waals surface area (Å²) in [5, 5.41) is 7.99. The Labute approximate surface area is 111 Å². The molecule has 0 amide bonds. The van der Waals surface area contributed by atoms with Gasteiger partial charge in [0, 0.05) is 0 Å². The second-order valence-corrected chi connectivity index (χ2v) is 4.32. The first kappa shape index (κ1) is 13.5. The van der Waals surface area contributed by atoms with Gasteiger partial charge in [-0.2, -0.15) is 0 Å². The van der Waals surface area contributed by atoms with Crippen molar-refractivity contribution in [3.8, 4) is 5.75 Å². The normalized spacial score (nSPS) is 12.4. The van der Waals surface area contributed by atoms with Crippen molar-refractivity contribution in [2.45, 2.75) is 25.9 Å². The SMILES string of the molecule is CCC(N)c1cn(Cc2ccc(OC)c(F)c2)nn1. The molecule has 1 aromatic heterocycles. The Hall–Kier alpha value is -1.95. The molecule has 19 heavy (non-hydrogen) atoms. The minimum atomic E-state index is -0.384. The van der Waals surface area contributed by atoms with Gasteiger partial charge >= 0.3 is 0 Å². The van der Waals surface area contributed by atoms with Crippen LogP contribution in [0.4, 0.5) is 4.39 Å². The molecule has 2 rings (SSSR count). The van der Waals surface area contributed by atoms with E-state index in [-0.39, 0.29) is 17.6 Å². The van der Waals surface area contributed by atoms with Crippen molar-refractivity contribution in [3.63, 3.8) is 0 Å². The number of nitrogens with zero attached hydrogens (tertiary/aromatic N) is 3. The molecular weight excluding hydrogens is 247 g/mol. The van der Waals surface area contributed by atoms with Gasteiger partial charge in [0.25, 0.3) is 0 Å². The van der Waals surface area contributed by atoms with Crippen LogP contribution in [0.25, 0.3) is 0 Å². The number of halogens is 1. The first-order valence-electron chi connectivity index (χ1n) is 6.12. The van der Waals surface area contributed by atoms with Crippen LogP contribution in [0.3, 0.4) is 0 Å². The van der Waals surface area contributed by atoms with Crippen LogP contribution < -0.4 is 10.5 Å². The molecule has 0 aliphatic carbocycles. The predicted molar refractivity (Wildman–Crippen MR) is 69.3 cm³/mol. The molecule has 0 bridgehead atoms. The maximum Gasteiger partial charge on any atom is 0.165 e. The Morgan fingerprint density at radius 2 is 2.26 bits per heavy atom. The van der Waals surface area contributed by atoms with Crippen LogP contribution in [0.15, 0.2) is 24.4 Å². The topological polar surface area (TPSA) is 66.0 Å². The molecule has 1 unspecified atom stereocenters. The number of methoxy groups -OCH3 is 1. The van der Waals surface area contributed by atoms with Crippen molar-refractivity contribution in [2.24, 2.45) is 5.73 Å². The molecule has 1 atom stereocenters. The molecule has 5 nitrogen and oxygen atoms in total. The highest BCUT2D eigenvalue weighted by Gasteiger charge is 2.09. The number of nitrogens with two attached hydrogens (primary N) is 1. The Kier molecular flexibility index (Phi) is 4.11. The van der Waals surface area contributed by atoms with E-state index in [1.54, 1.807) is 23.0 Å². The van der Waals surface area contributed by atoms with E-state index in [1.165, 1.54) is 13.2 Å². The van der Waals surface area contributed by atoms with Gasteiger partial charge in [0.15, 0.2) is 11.6 Å². The van der Waals surface area contributed by atoms with E-state index in [1.807, 2.05) is 6.92 Å². The fourth-order valence-corrected chi connectivity index (χ4v) is 1.77. The summed E-state index contributed by atoms with van der Waals surface area (Å²) in [6, 6.07) is 4.71. The monoisotopic (exact) mass is 264 g/mol. The van der Waals surface area contributed by atoms with Crippen molar-refractivity contribution in [1.29, 1.82) is 0 Å². The van der Waals surface area contributed by atoms with E-state index in [0.29, 0.717) is 6.54 Å². The molecule has 0 spiro atoms. The van der Waals surface area contributed by atoms with Gasteiger partial charge in [-0.25, -0.2) is 9.07 Å². The van der Waals surface area contributed by atoms with Crippen LogP contribution in [-0.4, -0.2) is 22.1 Å². The highest BCUT2D eigenvalue weighted by Crippen LogP contribution is 2.18. The summed E-state index contributed by atoms with van der Waals surface area (Å²) >= 11 is 0. The number of aromatic nitrogens is 3. The Bertz CT molecular complexity index is 555. The Morgan fingerprint density at radius 1 is 1.47 bits per heavy atom. The molecule has 1 aromatic carbocycles. The summed E-state index contributed by atoms with van der Waals surface area (Å²) in [4.78, 5) is 0.